The van der Waals surface area contributed by atoms with Gasteiger partial charge < -0.3 is 29.2 Å². The van der Waals surface area contributed by atoms with E-state index in [2.05, 4.69) is 341 Å². The fraction of sp³-hybridized carbons (Fsp3) is 0.140. The molecule has 0 atom stereocenters. The summed E-state index contributed by atoms with van der Waals surface area (Å²) in [6, 6.07) is 98.1. The number of anilines is 15. The van der Waals surface area contributed by atoms with E-state index in [-0.39, 0.29) is 24.3 Å². The third-order valence-corrected chi connectivity index (χ3v) is 22.6. The zero-order valence-corrected chi connectivity index (χ0v) is 55.8. The van der Waals surface area contributed by atoms with Crippen molar-refractivity contribution in [2.75, 3.05) is 24.5 Å². The first-order valence-electron chi connectivity index (χ1n) is 33.6. The van der Waals surface area contributed by atoms with Gasteiger partial charge in [-0.3, -0.25) is 0 Å². The molecule has 1 aromatic heterocycles. The van der Waals surface area contributed by atoms with Crippen LogP contribution in [0.5, 0.6) is 11.5 Å². The van der Waals surface area contributed by atoms with Gasteiger partial charge in [-0.15, -0.1) is 11.3 Å². The molecule has 0 bridgehead atoms. The molecule has 95 heavy (non-hydrogen) atoms. The largest absolute Gasteiger partial charge is 0.458 e. The van der Waals surface area contributed by atoms with Crippen molar-refractivity contribution in [2.24, 2.45) is 0 Å². The highest BCUT2D eigenvalue weighted by atomic mass is 32.1. The van der Waals surface area contributed by atoms with Crippen LogP contribution in [0, 0.1) is 27.7 Å². The van der Waals surface area contributed by atoms with Crippen LogP contribution in [0.25, 0.3) is 10.1 Å². The van der Waals surface area contributed by atoms with Gasteiger partial charge in [-0.05, 0) is 209 Å². The van der Waals surface area contributed by atoms with Gasteiger partial charge in [0.1, 0.15) is 11.5 Å². The Morgan fingerprint density at radius 2 is 0.832 bits per heavy atom. The Kier molecular flexibility index (Phi) is 13.0. The summed E-state index contributed by atoms with van der Waals surface area (Å²) in [7, 11) is 0. The number of rotatable bonds is 9. The highest BCUT2D eigenvalue weighted by Crippen LogP contribution is 2.55. The maximum absolute atomic E-state index is 7.38. The third kappa shape index (κ3) is 8.78. The van der Waals surface area contributed by atoms with Gasteiger partial charge >= 0.3 is 0 Å². The molecule has 0 amide bonds. The number of ether oxygens (including phenoxy) is 1. The van der Waals surface area contributed by atoms with Crippen LogP contribution in [0.2, 0.25) is 0 Å². The highest BCUT2D eigenvalue weighted by molar-refractivity contribution is 7.33. The summed E-state index contributed by atoms with van der Waals surface area (Å²) >= 11 is 1.96. The van der Waals surface area contributed by atoms with Crippen LogP contribution in [0.1, 0.15) is 73.9 Å². The van der Waals surface area contributed by atoms with Crippen LogP contribution in [0.4, 0.5) is 85.3 Å². The molecule has 0 N–H and O–H groups in total. The van der Waals surface area contributed by atoms with Gasteiger partial charge in [0.25, 0.3) is 13.4 Å². The van der Waals surface area contributed by atoms with E-state index >= 15 is 0 Å². The number of hydrogen-bond donors (Lipinski definition) is 0. The molecule has 458 valence electrons. The molecular weight excluding hydrogens is 1170 g/mol. The lowest BCUT2D eigenvalue weighted by molar-refractivity contribution is 0.332. The van der Waals surface area contributed by atoms with E-state index < -0.39 is 0 Å². The topological polar surface area (TPSA) is 25.4 Å². The van der Waals surface area contributed by atoms with Crippen molar-refractivity contribution in [3.63, 3.8) is 0 Å². The zero-order chi connectivity index (χ0) is 64.2. The van der Waals surface area contributed by atoms with Crippen molar-refractivity contribution >= 4 is 152 Å². The smallest absolute Gasteiger partial charge is 0.264 e. The average molecular weight is 1240 g/mol. The molecule has 13 aromatic rings. The molecule has 1 aliphatic carbocycles. The second-order valence-electron chi connectivity index (χ2n) is 28.1. The molecule has 0 radical (unpaired) electrons. The Bertz CT molecular complexity index is 5220. The molecule has 0 unspecified atom stereocenters. The molecule has 0 saturated heterocycles. The van der Waals surface area contributed by atoms with Crippen molar-refractivity contribution in [3.05, 3.63) is 294 Å². The lowest BCUT2D eigenvalue weighted by atomic mass is 9.31. The quantitative estimate of drug-likeness (QED) is 0.134. The molecule has 0 fully saturated rings. The minimum Gasteiger partial charge on any atom is -0.458 e. The minimum atomic E-state index is -0.181. The molecule has 6 nitrogen and oxygen atoms in total. The Hall–Kier alpha value is -10.5. The van der Waals surface area contributed by atoms with Crippen molar-refractivity contribution in [2.45, 2.75) is 79.1 Å². The average Bonchev–Trinajstić information content (AvgIpc) is 1.65. The van der Waals surface area contributed by atoms with Gasteiger partial charge in [-0.25, -0.2) is 0 Å². The van der Waals surface area contributed by atoms with Crippen LogP contribution in [0.3, 0.4) is 0 Å². The molecule has 4 aliphatic heterocycles. The predicted molar refractivity (Wildman–Crippen MR) is 405 cm³/mol. The summed E-state index contributed by atoms with van der Waals surface area (Å²) in [5.41, 5.74) is 30.7. The fourth-order valence-corrected chi connectivity index (χ4v) is 17.9. The third-order valence-electron chi connectivity index (χ3n) is 21.4. The molecule has 5 heterocycles. The summed E-state index contributed by atoms with van der Waals surface area (Å²) in [6.07, 6.45) is 2.27. The Balaban J connectivity index is 0.969. The van der Waals surface area contributed by atoms with E-state index in [4.69, 9.17) is 4.74 Å². The number of para-hydroxylation sites is 7. The number of hydrogen-bond acceptors (Lipinski definition) is 7. The van der Waals surface area contributed by atoms with Gasteiger partial charge in [-0.2, -0.15) is 0 Å². The maximum atomic E-state index is 7.38. The van der Waals surface area contributed by atoms with Gasteiger partial charge in [0.05, 0.1) is 17.1 Å². The number of benzene rings is 12. The molecule has 5 aliphatic rings. The van der Waals surface area contributed by atoms with Gasteiger partial charge in [0.2, 0.25) is 0 Å². The van der Waals surface area contributed by atoms with Gasteiger partial charge in [-0.1, -0.05) is 185 Å². The Morgan fingerprint density at radius 1 is 0.368 bits per heavy atom. The standard InChI is InChI=1S/C86H71B2N5OS/c1-54-27-15-21-37-69(54)91(70-38-22-16-28-55(70)2)61-48-75-81-76(49-61)93(60-43-44-64-65(47-60)86(7,8)46-45-85(64,5)6)83-63-35-19-26-42-80(63)95-84(83)88(81)68-52-67-73(53-74(68)89(75)58-31-11-9-12-32-58)90(59-33-13-10-14-34-59)77-50-62(51-79-82(77)87(67)66-36-20-25-41-78(66)94-79)92(71-39-23-17-29-56(71)3)72-40-24-18-30-57(72)4/h9-44,47-53H,45-46H2,1-8H3. The number of aryl methyl sites for hydroxylation is 4. The van der Waals surface area contributed by atoms with Crippen LogP contribution in [-0.2, 0) is 10.8 Å². The molecule has 12 aromatic carbocycles. The number of nitrogens with zero attached hydrogens (tertiary/aromatic N) is 5. The second kappa shape index (κ2) is 21.5. The van der Waals surface area contributed by atoms with Crippen molar-refractivity contribution in [1.29, 1.82) is 0 Å². The zero-order valence-electron chi connectivity index (χ0n) is 54.9. The van der Waals surface area contributed by atoms with E-state index in [1.807, 2.05) is 11.3 Å². The summed E-state index contributed by atoms with van der Waals surface area (Å²) < 4.78 is 10.00. The van der Waals surface area contributed by atoms with Crippen molar-refractivity contribution in [1.82, 2.24) is 0 Å². The first-order valence-corrected chi connectivity index (χ1v) is 34.4. The van der Waals surface area contributed by atoms with Crippen molar-refractivity contribution < 1.29 is 4.74 Å². The highest BCUT2D eigenvalue weighted by Gasteiger charge is 2.50. The Morgan fingerprint density at radius 3 is 1.40 bits per heavy atom. The van der Waals surface area contributed by atoms with Crippen molar-refractivity contribution in [3.8, 4) is 11.5 Å². The first kappa shape index (κ1) is 57.2. The summed E-state index contributed by atoms with van der Waals surface area (Å²) in [5.74, 6) is 1.73. The first-order chi connectivity index (χ1) is 46.3. The normalized spacial score (nSPS) is 14.8. The van der Waals surface area contributed by atoms with Gasteiger partial charge in [0.15, 0.2) is 0 Å². The SMILES string of the molecule is Cc1ccccc1N(c1cc2c3c(c1)N(c1ccccc1)c1cc4c(cc1B3c1ccccc1O2)B1c2sc3ccccc3c2N(c2ccc3c(c2)C(C)(C)CCC3(C)C)c2cc(N(c3ccccc3C)c3ccccc3C)cc(c21)N4c1ccccc1)c1ccccc1C. The second-order valence-corrected chi connectivity index (χ2v) is 29.1. The van der Waals surface area contributed by atoms with E-state index in [0.29, 0.717) is 0 Å². The summed E-state index contributed by atoms with van der Waals surface area (Å²) in [4.78, 5) is 12.8. The summed E-state index contributed by atoms with van der Waals surface area (Å²) in [5, 5.41) is 1.26. The van der Waals surface area contributed by atoms with E-state index in [1.54, 1.807) is 0 Å². The lowest BCUT2D eigenvalue weighted by Crippen LogP contribution is -2.64. The monoisotopic (exact) mass is 1240 g/mol. The minimum absolute atomic E-state index is 0.0215. The molecule has 18 rings (SSSR count). The van der Waals surface area contributed by atoms with Crippen LogP contribution in [0.15, 0.2) is 261 Å². The lowest BCUT2D eigenvalue weighted by Gasteiger charge is -2.46. The molecule has 9 heteroatoms. The number of fused-ring (bicyclic) bond motifs is 11. The van der Waals surface area contributed by atoms with Crippen LogP contribution >= 0.6 is 11.3 Å². The van der Waals surface area contributed by atoms with E-state index in [9.17, 15) is 0 Å². The van der Waals surface area contributed by atoms with Crippen LogP contribution < -0.4 is 61.3 Å². The maximum Gasteiger partial charge on any atom is 0.264 e. The Labute approximate surface area is 562 Å². The fourth-order valence-electron chi connectivity index (χ4n) is 16.6. The predicted octanol–water partition coefficient (Wildman–Crippen LogP) is 19.9. The molecule has 0 saturated carbocycles. The van der Waals surface area contributed by atoms with E-state index in [1.165, 1.54) is 81.7 Å². The summed E-state index contributed by atoms with van der Waals surface area (Å²) in [6.45, 7) is 18.4. The van der Waals surface area contributed by atoms with Crippen LogP contribution in [-0.4, -0.2) is 13.4 Å². The van der Waals surface area contributed by atoms with Gasteiger partial charge in [0, 0.05) is 89.2 Å². The molecule has 0 spiro atoms. The molecular formula is C86H71B2N5OS. The van der Waals surface area contributed by atoms with E-state index in [0.717, 1.165) is 104 Å². The number of thiophene rings is 1.